The summed E-state index contributed by atoms with van der Waals surface area (Å²) in [4.78, 5) is 14.4. The molecule has 208 valence electrons. The minimum Gasteiger partial charge on any atom is -0.494 e. The van der Waals surface area contributed by atoms with Crippen LogP contribution in [0.4, 0.5) is 0 Å². The molecular formula is C32H38Cl2N2O3. The Morgan fingerprint density at radius 2 is 1.74 bits per heavy atom. The van der Waals surface area contributed by atoms with Crippen LogP contribution in [0.1, 0.15) is 50.2 Å². The van der Waals surface area contributed by atoms with Gasteiger partial charge in [-0.25, -0.2) is 0 Å². The summed E-state index contributed by atoms with van der Waals surface area (Å²) in [7, 11) is 0. The van der Waals surface area contributed by atoms with Crippen molar-refractivity contribution in [3.8, 4) is 5.75 Å². The fourth-order valence-corrected chi connectivity index (χ4v) is 5.45. The smallest absolute Gasteiger partial charge is 0.140 e. The van der Waals surface area contributed by atoms with E-state index in [1.807, 2.05) is 19.1 Å². The summed E-state index contributed by atoms with van der Waals surface area (Å²) in [5, 5.41) is 5.87. The van der Waals surface area contributed by atoms with Crippen molar-refractivity contribution >= 4 is 35.6 Å². The molecule has 3 aromatic rings. The highest BCUT2D eigenvalue weighted by Gasteiger charge is 2.26. The number of rotatable bonds is 10. The maximum atomic E-state index is 11.8. The average Bonchev–Trinajstić information content (AvgIpc) is 2.93. The van der Waals surface area contributed by atoms with E-state index in [4.69, 9.17) is 9.47 Å². The van der Waals surface area contributed by atoms with E-state index < -0.39 is 6.04 Å². The summed E-state index contributed by atoms with van der Waals surface area (Å²) in [6.45, 7) is 5.91. The first-order valence-electron chi connectivity index (χ1n) is 13.5. The molecule has 5 rings (SSSR count). The SMILES string of the molecule is CC1=C(Cc2cccc3ccccc23)OC=C(CCCOc2cccc(CN3CCCCC3)c2)C1N=O.Cl.Cl. The fourth-order valence-electron chi connectivity index (χ4n) is 5.45. The van der Waals surface area contributed by atoms with Gasteiger partial charge in [-0.05, 0) is 90.9 Å². The molecule has 3 aromatic carbocycles. The first-order valence-corrected chi connectivity index (χ1v) is 13.5. The molecule has 0 saturated carbocycles. The number of likely N-dealkylation sites (tertiary alicyclic amines) is 1. The molecule has 0 aromatic heterocycles. The molecule has 5 nitrogen and oxygen atoms in total. The highest BCUT2D eigenvalue weighted by molar-refractivity contribution is 5.86. The zero-order chi connectivity index (χ0) is 25.5. The summed E-state index contributed by atoms with van der Waals surface area (Å²) in [6, 6.07) is 22.6. The van der Waals surface area contributed by atoms with Crippen molar-refractivity contribution in [1.82, 2.24) is 4.90 Å². The van der Waals surface area contributed by atoms with Crippen molar-refractivity contribution in [2.75, 3.05) is 19.7 Å². The Labute approximate surface area is 244 Å². The van der Waals surface area contributed by atoms with E-state index in [2.05, 4.69) is 64.7 Å². The van der Waals surface area contributed by atoms with Gasteiger partial charge in [0.15, 0.2) is 0 Å². The number of allylic oxidation sites excluding steroid dienone is 1. The lowest BCUT2D eigenvalue weighted by Crippen LogP contribution is -2.29. The molecule has 7 heteroatoms. The first kappa shape index (κ1) is 30.7. The van der Waals surface area contributed by atoms with Crippen LogP contribution in [0.15, 0.2) is 95.1 Å². The summed E-state index contributed by atoms with van der Waals surface area (Å²) in [5.74, 6) is 1.72. The number of fused-ring (bicyclic) bond motifs is 1. The Kier molecular flexibility index (Phi) is 11.9. The molecule has 0 aliphatic carbocycles. The molecule has 2 heterocycles. The van der Waals surface area contributed by atoms with Gasteiger partial charge in [0, 0.05) is 13.0 Å². The molecule has 1 unspecified atom stereocenters. The van der Waals surface area contributed by atoms with Gasteiger partial charge in [0.2, 0.25) is 0 Å². The third-order valence-corrected chi connectivity index (χ3v) is 7.52. The quantitative estimate of drug-likeness (QED) is 0.182. The number of hydrogen-bond donors (Lipinski definition) is 0. The first-order chi connectivity index (χ1) is 18.2. The lowest BCUT2D eigenvalue weighted by Gasteiger charge is -2.26. The van der Waals surface area contributed by atoms with Gasteiger partial charge in [-0.15, -0.1) is 29.7 Å². The monoisotopic (exact) mass is 568 g/mol. The molecule has 39 heavy (non-hydrogen) atoms. The fraction of sp³-hybridized carbons (Fsp3) is 0.375. The van der Waals surface area contributed by atoms with Gasteiger partial charge in [-0.3, -0.25) is 4.90 Å². The molecule has 2 aliphatic rings. The van der Waals surface area contributed by atoms with Crippen molar-refractivity contribution in [1.29, 1.82) is 0 Å². The summed E-state index contributed by atoms with van der Waals surface area (Å²) < 4.78 is 12.1. The van der Waals surface area contributed by atoms with Gasteiger partial charge >= 0.3 is 0 Å². The third kappa shape index (κ3) is 7.84. The van der Waals surface area contributed by atoms with Crippen molar-refractivity contribution in [2.24, 2.45) is 5.18 Å². The Morgan fingerprint density at radius 1 is 0.974 bits per heavy atom. The van der Waals surface area contributed by atoms with E-state index >= 15 is 0 Å². The summed E-state index contributed by atoms with van der Waals surface area (Å²) >= 11 is 0. The van der Waals surface area contributed by atoms with Gasteiger partial charge in [-0.1, -0.05) is 66.2 Å². The van der Waals surface area contributed by atoms with Crippen LogP contribution in [0.2, 0.25) is 0 Å². The standard InChI is InChI=1S/C32H36N2O3.2ClH/c1-24-31(21-27-13-8-12-26-11-3-4-16-30(26)27)37-23-28(32(24)33-35)14-9-19-36-29-15-7-10-25(20-29)22-34-17-5-2-6-18-34;;/h3-4,7-8,10-13,15-16,20,23,32H,2,5-6,9,14,17-19,21-22H2,1H3;2*1H. The van der Waals surface area contributed by atoms with Gasteiger partial charge < -0.3 is 9.47 Å². The predicted molar refractivity (Wildman–Crippen MR) is 164 cm³/mol. The van der Waals surface area contributed by atoms with E-state index in [0.29, 0.717) is 19.4 Å². The molecule has 0 amide bonds. The Hall–Kier alpha value is -2.86. The second-order valence-electron chi connectivity index (χ2n) is 10.2. The zero-order valence-corrected chi connectivity index (χ0v) is 24.1. The van der Waals surface area contributed by atoms with Crippen LogP contribution >= 0.6 is 24.8 Å². The van der Waals surface area contributed by atoms with E-state index in [0.717, 1.165) is 35.6 Å². The number of benzene rings is 3. The van der Waals surface area contributed by atoms with E-state index in [1.54, 1.807) is 6.26 Å². The van der Waals surface area contributed by atoms with Gasteiger partial charge in [0.1, 0.15) is 17.6 Å². The Bertz CT molecular complexity index is 1300. The van der Waals surface area contributed by atoms with Crippen LogP contribution in [0.3, 0.4) is 0 Å². The largest absolute Gasteiger partial charge is 0.494 e. The number of piperidine rings is 1. The summed E-state index contributed by atoms with van der Waals surface area (Å²) in [6.07, 6.45) is 7.82. The van der Waals surface area contributed by atoms with Crippen LogP contribution in [0.25, 0.3) is 10.8 Å². The molecule has 0 spiro atoms. The molecule has 0 radical (unpaired) electrons. The van der Waals surface area contributed by atoms with E-state index in [9.17, 15) is 4.91 Å². The van der Waals surface area contributed by atoms with Gasteiger partial charge in [0.05, 0.1) is 12.9 Å². The Balaban J connectivity index is 0.00000210. The predicted octanol–water partition coefficient (Wildman–Crippen LogP) is 8.39. The number of halogens is 2. The van der Waals surface area contributed by atoms with Crippen LogP contribution in [-0.4, -0.2) is 30.6 Å². The number of nitroso groups, excluding NO2 is 1. The number of nitrogens with zero attached hydrogens (tertiary/aromatic N) is 2. The molecule has 1 atom stereocenters. The second kappa shape index (κ2) is 15.1. The van der Waals surface area contributed by atoms with Crippen molar-refractivity contribution in [2.45, 2.75) is 58.0 Å². The molecule has 2 aliphatic heterocycles. The van der Waals surface area contributed by atoms with E-state index in [-0.39, 0.29) is 24.8 Å². The molecular weight excluding hydrogens is 531 g/mol. The number of hydrogen-bond acceptors (Lipinski definition) is 5. The highest BCUT2D eigenvalue weighted by atomic mass is 35.5. The van der Waals surface area contributed by atoms with Crippen molar-refractivity contribution in [3.63, 3.8) is 0 Å². The minimum atomic E-state index is -0.480. The van der Waals surface area contributed by atoms with Gasteiger partial charge in [0.25, 0.3) is 0 Å². The zero-order valence-electron chi connectivity index (χ0n) is 22.5. The normalized spacial score (nSPS) is 17.5. The molecule has 0 N–H and O–H groups in total. The second-order valence-corrected chi connectivity index (χ2v) is 10.2. The van der Waals surface area contributed by atoms with E-state index in [1.165, 1.54) is 54.3 Å². The maximum Gasteiger partial charge on any atom is 0.140 e. The molecule has 1 fully saturated rings. The topological polar surface area (TPSA) is 51.1 Å². The highest BCUT2D eigenvalue weighted by Crippen LogP contribution is 2.31. The van der Waals surface area contributed by atoms with Crippen molar-refractivity contribution < 1.29 is 9.47 Å². The van der Waals surface area contributed by atoms with Crippen molar-refractivity contribution in [3.05, 3.63) is 106 Å². The number of ether oxygens (including phenoxy) is 2. The average molecular weight is 570 g/mol. The third-order valence-electron chi connectivity index (χ3n) is 7.52. The maximum absolute atomic E-state index is 11.8. The molecule has 1 saturated heterocycles. The van der Waals surface area contributed by atoms with Gasteiger partial charge in [-0.2, -0.15) is 0 Å². The van der Waals surface area contributed by atoms with Crippen LogP contribution < -0.4 is 4.74 Å². The van der Waals surface area contributed by atoms with Crippen LogP contribution in [-0.2, 0) is 17.7 Å². The lowest BCUT2D eigenvalue weighted by atomic mass is 9.92. The minimum absolute atomic E-state index is 0. The van der Waals surface area contributed by atoms with Crippen LogP contribution in [0, 0.1) is 4.91 Å². The molecule has 0 bridgehead atoms. The Morgan fingerprint density at radius 3 is 2.56 bits per heavy atom. The van der Waals surface area contributed by atoms with Crippen LogP contribution in [0.5, 0.6) is 5.75 Å². The lowest BCUT2D eigenvalue weighted by molar-refractivity contribution is 0.220. The summed E-state index contributed by atoms with van der Waals surface area (Å²) in [5.41, 5.74) is 4.29.